The minimum Gasteiger partial charge on any atom is -0.481 e. The van der Waals surface area contributed by atoms with Gasteiger partial charge in [-0.15, -0.1) is 0 Å². The second-order valence-electron chi connectivity index (χ2n) is 6.15. The Morgan fingerprint density at radius 1 is 1.04 bits per heavy atom. The van der Waals surface area contributed by atoms with Crippen LogP contribution in [0.25, 0.3) is 11.1 Å². The van der Waals surface area contributed by atoms with Crippen LogP contribution in [0.5, 0.6) is 0 Å². The molecule has 0 saturated heterocycles. The molecule has 0 radical (unpaired) electrons. The summed E-state index contributed by atoms with van der Waals surface area (Å²) in [6.07, 6.45) is 6.85. The Kier molecular flexibility index (Phi) is 7.14. The number of aliphatic carboxylic acids is 1. The number of carbonyl (C=O) groups excluding carboxylic acids is 1. The van der Waals surface area contributed by atoms with Crippen LogP contribution in [-0.4, -0.2) is 28.5 Å². The van der Waals surface area contributed by atoms with Gasteiger partial charge in [-0.1, -0.05) is 42.7 Å². The number of nitrogens with zero attached hydrogens (tertiary/aromatic N) is 1. The minimum atomic E-state index is -0.755. The Hall–Kier alpha value is -2.69. The van der Waals surface area contributed by atoms with E-state index in [9.17, 15) is 9.59 Å². The molecular weight excluding hydrogens is 316 g/mol. The summed E-state index contributed by atoms with van der Waals surface area (Å²) in [7, 11) is 0. The first kappa shape index (κ1) is 18.6. The molecule has 0 aliphatic carbocycles. The maximum absolute atomic E-state index is 12.2. The number of pyridine rings is 1. The van der Waals surface area contributed by atoms with Crippen LogP contribution >= 0.6 is 0 Å². The number of carboxylic acids is 1. The molecule has 0 aliphatic heterocycles. The number of hydrogen-bond donors (Lipinski definition) is 2. The summed E-state index contributed by atoms with van der Waals surface area (Å²) in [4.78, 5) is 26.8. The Labute approximate surface area is 148 Å². The van der Waals surface area contributed by atoms with E-state index in [4.69, 9.17) is 5.11 Å². The van der Waals surface area contributed by atoms with E-state index in [1.165, 1.54) is 0 Å². The number of amides is 1. The van der Waals surface area contributed by atoms with Crippen LogP contribution in [0.3, 0.4) is 0 Å². The molecule has 0 fully saturated rings. The van der Waals surface area contributed by atoms with Gasteiger partial charge in [0.1, 0.15) is 0 Å². The zero-order valence-electron chi connectivity index (χ0n) is 14.5. The lowest BCUT2D eigenvalue weighted by Crippen LogP contribution is -2.24. The van der Waals surface area contributed by atoms with Crippen molar-refractivity contribution in [3.8, 4) is 11.1 Å². The molecule has 0 spiro atoms. The number of aromatic nitrogens is 1. The van der Waals surface area contributed by atoms with Crippen molar-refractivity contribution in [1.82, 2.24) is 10.3 Å². The zero-order valence-corrected chi connectivity index (χ0v) is 14.5. The van der Waals surface area contributed by atoms with Gasteiger partial charge in [0.05, 0.1) is 5.56 Å². The molecule has 0 saturated carbocycles. The van der Waals surface area contributed by atoms with Crippen LogP contribution in [0.15, 0.2) is 42.7 Å². The highest BCUT2D eigenvalue weighted by Crippen LogP contribution is 2.20. The zero-order chi connectivity index (χ0) is 18.1. The van der Waals surface area contributed by atoms with E-state index in [0.29, 0.717) is 18.5 Å². The number of nitrogens with one attached hydrogen (secondary N) is 1. The number of carboxylic acid groups (broad SMARTS) is 1. The molecular formula is C20H24N2O3. The predicted octanol–water partition coefficient (Wildman–Crippen LogP) is 3.82. The molecule has 1 aromatic carbocycles. The molecule has 0 atom stereocenters. The maximum Gasteiger partial charge on any atom is 0.303 e. The van der Waals surface area contributed by atoms with Gasteiger partial charge in [0.25, 0.3) is 5.91 Å². The van der Waals surface area contributed by atoms with Gasteiger partial charge in [0.15, 0.2) is 0 Å². The second kappa shape index (κ2) is 9.57. The van der Waals surface area contributed by atoms with Crippen molar-refractivity contribution in [1.29, 1.82) is 0 Å². The summed E-state index contributed by atoms with van der Waals surface area (Å²) in [5, 5.41) is 11.5. The molecule has 0 bridgehead atoms. The average molecular weight is 340 g/mol. The van der Waals surface area contributed by atoms with E-state index in [1.54, 1.807) is 12.4 Å². The topological polar surface area (TPSA) is 79.3 Å². The molecule has 1 heterocycles. The number of unbranched alkanes of at least 4 members (excludes halogenated alkanes) is 3. The standard InChI is InChI=1S/C20H24N2O3/c1-15-7-6-8-16(11-15)17-12-18(14-21-13-17)20(25)22-10-5-3-2-4-9-19(23)24/h6-8,11-14H,2-5,9-10H2,1H3,(H,22,25)(H,23,24). The van der Waals surface area contributed by atoms with Crippen LogP contribution in [0.1, 0.15) is 48.0 Å². The molecule has 1 amide bonds. The normalized spacial score (nSPS) is 10.4. The van der Waals surface area contributed by atoms with Crippen molar-refractivity contribution in [3.63, 3.8) is 0 Å². The first-order valence-electron chi connectivity index (χ1n) is 8.58. The minimum absolute atomic E-state index is 0.132. The van der Waals surface area contributed by atoms with Gasteiger partial charge < -0.3 is 10.4 Å². The average Bonchev–Trinajstić information content (AvgIpc) is 2.60. The Balaban J connectivity index is 1.82. The highest BCUT2D eigenvalue weighted by Gasteiger charge is 2.07. The third-order valence-electron chi connectivity index (χ3n) is 3.95. The van der Waals surface area contributed by atoms with Crippen molar-refractivity contribution >= 4 is 11.9 Å². The van der Waals surface area contributed by atoms with Gasteiger partial charge in [-0.2, -0.15) is 0 Å². The first-order chi connectivity index (χ1) is 12.1. The van der Waals surface area contributed by atoms with Crippen molar-refractivity contribution < 1.29 is 14.7 Å². The van der Waals surface area contributed by atoms with Crippen molar-refractivity contribution in [2.45, 2.75) is 39.0 Å². The summed E-state index contributed by atoms with van der Waals surface area (Å²) < 4.78 is 0. The highest BCUT2D eigenvalue weighted by atomic mass is 16.4. The maximum atomic E-state index is 12.2. The van der Waals surface area contributed by atoms with Gasteiger partial charge >= 0.3 is 5.97 Å². The summed E-state index contributed by atoms with van der Waals surface area (Å²) in [5.41, 5.74) is 3.67. The highest BCUT2D eigenvalue weighted by molar-refractivity contribution is 5.95. The van der Waals surface area contributed by atoms with Crippen LogP contribution in [0, 0.1) is 6.92 Å². The van der Waals surface area contributed by atoms with E-state index in [1.807, 2.05) is 31.2 Å². The van der Waals surface area contributed by atoms with Gasteiger partial charge in [-0.05, 0) is 31.4 Å². The fourth-order valence-electron chi connectivity index (χ4n) is 2.61. The lowest BCUT2D eigenvalue weighted by Gasteiger charge is -2.07. The van der Waals surface area contributed by atoms with Crippen LogP contribution in [0.2, 0.25) is 0 Å². The monoisotopic (exact) mass is 340 g/mol. The van der Waals surface area contributed by atoms with E-state index >= 15 is 0 Å². The lowest BCUT2D eigenvalue weighted by molar-refractivity contribution is -0.137. The molecule has 1 aromatic heterocycles. The molecule has 2 N–H and O–H groups in total. The Morgan fingerprint density at radius 3 is 2.60 bits per heavy atom. The molecule has 2 rings (SSSR count). The van der Waals surface area contributed by atoms with Gasteiger partial charge in [0.2, 0.25) is 0 Å². The van der Waals surface area contributed by atoms with Crippen LogP contribution in [-0.2, 0) is 4.79 Å². The molecule has 25 heavy (non-hydrogen) atoms. The molecule has 2 aromatic rings. The molecule has 0 aliphatic rings. The van der Waals surface area contributed by atoms with E-state index in [0.717, 1.165) is 36.0 Å². The Morgan fingerprint density at radius 2 is 1.84 bits per heavy atom. The Bertz CT molecular complexity index is 728. The van der Waals surface area contributed by atoms with Crippen molar-refractivity contribution in [2.75, 3.05) is 6.54 Å². The summed E-state index contributed by atoms with van der Waals surface area (Å²) >= 11 is 0. The fraction of sp³-hybridized carbons (Fsp3) is 0.350. The molecule has 132 valence electrons. The van der Waals surface area contributed by atoms with Crippen molar-refractivity contribution in [2.24, 2.45) is 0 Å². The second-order valence-corrected chi connectivity index (χ2v) is 6.15. The third kappa shape index (κ3) is 6.37. The summed E-state index contributed by atoms with van der Waals surface area (Å²) in [5.74, 6) is -0.887. The number of rotatable bonds is 9. The first-order valence-corrected chi connectivity index (χ1v) is 8.58. The van der Waals surface area contributed by atoms with E-state index < -0.39 is 5.97 Å². The van der Waals surface area contributed by atoms with Gasteiger partial charge in [0, 0.05) is 30.9 Å². The summed E-state index contributed by atoms with van der Waals surface area (Å²) in [6.45, 7) is 2.62. The quantitative estimate of drug-likeness (QED) is 0.680. The van der Waals surface area contributed by atoms with Gasteiger partial charge in [-0.25, -0.2) is 0 Å². The lowest BCUT2D eigenvalue weighted by atomic mass is 10.0. The number of carbonyl (C=O) groups is 2. The molecule has 0 unspecified atom stereocenters. The van der Waals surface area contributed by atoms with Gasteiger partial charge in [-0.3, -0.25) is 14.6 Å². The predicted molar refractivity (Wildman–Crippen MR) is 97.5 cm³/mol. The third-order valence-corrected chi connectivity index (χ3v) is 3.95. The fourth-order valence-corrected chi connectivity index (χ4v) is 2.61. The molecule has 5 nitrogen and oxygen atoms in total. The summed E-state index contributed by atoms with van der Waals surface area (Å²) in [6, 6.07) is 9.94. The number of benzene rings is 1. The van der Waals surface area contributed by atoms with Crippen LogP contribution < -0.4 is 5.32 Å². The smallest absolute Gasteiger partial charge is 0.303 e. The number of aryl methyl sites for hydroxylation is 1. The number of hydrogen-bond acceptors (Lipinski definition) is 3. The van der Waals surface area contributed by atoms with Crippen LogP contribution in [0.4, 0.5) is 0 Å². The molecule has 5 heteroatoms. The van der Waals surface area contributed by atoms with Crippen molar-refractivity contribution in [3.05, 3.63) is 53.9 Å². The largest absolute Gasteiger partial charge is 0.481 e. The SMILES string of the molecule is Cc1cccc(-c2cncc(C(=O)NCCCCCCC(=O)O)c2)c1. The van der Waals surface area contributed by atoms with E-state index in [2.05, 4.69) is 16.4 Å². The van der Waals surface area contributed by atoms with E-state index in [-0.39, 0.29) is 12.3 Å².